The van der Waals surface area contributed by atoms with Gasteiger partial charge in [-0.1, -0.05) is 30.3 Å². The van der Waals surface area contributed by atoms with Crippen molar-refractivity contribution < 1.29 is 14.5 Å². The fourth-order valence-electron chi connectivity index (χ4n) is 2.18. The Morgan fingerprint density at radius 3 is 2.42 bits per heavy atom. The molecule has 0 aliphatic carbocycles. The van der Waals surface area contributed by atoms with Gasteiger partial charge in [0.1, 0.15) is 5.69 Å². The van der Waals surface area contributed by atoms with Crippen molar-refractivity contribution in [2.75, 3.05) is 26.0 Å². The Balaban J connectivity index is 2.11. The van der Waals surface area contributed by atoms with Gasteiger partial charge in [0.15, 0.2) is 0 Å². The number of hydrogen-bond acceptors (Lipinski definition) is 5. The second kappa shape index (κ2) is 8.61. The van der Waals surface area contributed by atoms with E-state index in [9.17, 15) is 19.7 Å². The zero-order valence-corrected chi connectivity index (χ0v) is 14.6. The number of amides is 2. The Kier molecular flexibility index (Phi) is 6.26. The van der Waals surface area contributed by atoms with Gasteiger partial charge in [-0.25, -0.2) is 0 Å². The van der Waals surface area contributed by atoms with E-state index in [2.05, 4.69) is 10.6 Å². The summed E-state index contributed by atoms with van der Waals surface area (Å²) in [6, 6.07) is 13.6. The highest BCUT2D eigenvalue weighted by atomic mass is 16.6. The molecule has 2 rings (SSSR count). The van der Waals surface area contributed by atoms with Gasteiger partial charge in [-0.05, 0) is 17.7 Å². The Hall–Kier alpha value is -3.42. The maximum Gasteiger partial charge on any atom is 0.293 e. The van der Waals surface area contributed by atoms with Crippen LogP contribution in [-0.4, -0.2) is 42.3 Å². The van der Waals surface area contributed by atoms with E-state index < -0.39 is 10.8 Å². The Bertz CT molecular complexity index is 806. The summed E-state index contributed by atoms with van der Waals surface area (Å²) in [4.78, 5) is 35.8. The molecule has 0 radical (unpaired) electrons. The van der Waals surface area contributed by atoms with Crippen LogP contribution in [-0.2, 0) is 11.3 Å². The maximum atomic E-state index is 12.1. The molecule has 136 valence electrons. The predicted octanol–water partition coefficient (Wildman–Crippen LogP) is 2.02. The van der Waals surface area contributed by atoms with Crippen LogP contribution in [0.5, 0.6) is 0 Å². The van der Waals surface area contributed by atoms with Crippen molar-refractivity contribution in [1.29, 1.82) is 0 Å². The summed E-state index contributed by atoms with van der Waals surface area (Å²) in [5, 5.41) is 16.8. The van der Waals surface area contributed by atoms with Gasteiger partial charge in [-0.2, -0.15) is 0 Å². The molecule has 0 atom stereocenters. The van der Waals surface area contributed by atoms with Crippen molar-refractivity contribution in [2.24, 2.45) is 0 Å². The highest BCUT2D eigenvalue weighted by Gasteiger charge is 2.18. The molecular weight excluding hydrogens is 336 g/mol. The smallest absolute Gasteiger partial charge is 0.293 e. The van der Waals surface area contributed by atoms with Crippen molar-refractivity contribution in [3.63, 3.8) is 0 Å². The number of anilines is 1. The molecule has 0 fully saturated rings. The summed E-state index contributed by atoms with van der Waals surface area (Å²) in [7, 11) is 3.15. The fraction of sp³-hybridized carbons (Fsp3) is 0.222. The average molecular weight is 356 g/mol. The van der Waals surface area contributed by atoms with Gasteiger partial charge in [0.25, 0.3) is 11.6 Å². The van der Waals surface area contributed by atoms with Crippen LogP contribution in [0.2, 0.25) is 0 Å². The van der Waals surface area contributed by atoms with Gasteiger partial charge in [0, 0.05) is 32.3 Å². The minimum Gasteiger partial charge on any atom is -0.375 e. The van der Waals surface area contributed by atoms with Crippen molar-refractivity contribution in [1.82, 2.24) is 10.2 Å². The first-order valence-electron chi connectivity index (χ1n) is 7.93. The van der Waals surface area contributed by atoms with E-state index in [0.29, 0.717) is 12.2 Å². The van der Waals surface area contributed by atoms with Crippen LogP contribution >= 0.6 is 0 Å². The van der Waals surface area contributed by atoms with E-state index in [-0.39, 0.29) is 23.7 Å². The Morgan fingerprint density at radius 1 is 1.12 bits per heavy atom. The highest BCUT2D eigenvalue weighted by Crippen LogP contribution is 2.26. The molecule has 0 aromatic heterocycles. The molecule has 8 heteroatoms. The number of nitro benzene ring substituents is 1. The van der Waals surface area contributed by atoms with Crippen molar-refractivity contribution >= 4 is 23.2 Å². The third kappa shape index (κ3) is 5.04. The zero-order valence-electron chi connectivity index (χ0n) is 14.6. The number of carbonyl (C=O) groups is 2. The van der Waals surface area contributed by atoms with Crippen molar-refractivity contribution in [2.45, 2.75) is 6.54 Å². The first kappa shape index (κ1) is 18.9. The van der Waals surface area contributed by atoms with Crippen molar-refractivity contribution in [3.8, 4) is 0 Å². The standard InChI is InChI=1S/C18H20N4O4/c1-21(2)17(23)12-20-18(24)14-8-9-15(16(10-14)22(25)26)19-11-13-6-4-3-5-7-13/h3-10,19H,11-12H2,1-2H3,(H,20,24). The van der Waals surface area contributed by atoms with Gasteiger partial charge in [-0.15, -0.1) is 0 Å². The van der Waals surface area contributed by atoms with Crippen LogP contribution in [0.25, 0.3) is 0 Å². The Morgan fingerprint density at radius 2 is 1.81 bits per heavy atom. The van der Waals surface area contributed by atoms with Crippen LogP contribution < -0.4 is 10.6 Å². The summed E-state index contributed by atoms with van der Waals surface area (Å²) >= 11 is 0. The van der Waals surface area contributed by atoms with Crippen LogP contribution in [0, 0.1) is 10.1 Å². The summed E-state index contributed by atoms with van der Waals surface area (Å²) in [5.74, 6) is -0.813. The first-order valence-corrected chi connectivity index (χ1v) is 7.93. The van der Waals surface area contributed by atoms with Crippen molar-refractivity contribution in [3.05, 3.63) is 69.8 Å². The molecule has 0 spiro atoms. The summed E-state index contributed by atoms with van der Waals surface area (Å²) in [6.07, 6.45) is 0. The maximum absolute atomic E-state index is 12.1. The molecule has 2 aromatic rings. The second-order valence-corrected chi connectivity index (χ2v) is 5.80. The number of benzene rings is 2. The van der Waals surface area contributed by atoms with Gasteiger partial charge >= 0.3 is 0 Å². The van der Waals surface area contributed by atoms with E-state index in [1.54, 1.807) is 14.1 Å². The average Bonchev–Trinajstić information content (AvgIpc) is 2.64. The van der Waals surface area contributed by atoms with E-state index in [0.717, 1.165) is 5.56 Å². The normalized spacial score (nSPS) is 10.1. The number of carbonyl (C=O) groups excluding carboxylic acids is 2. The molecule has 0 saturated heterocycles. The molecule has 26 heavy (non-hydrogen) atoms. The van der Waals surface area contributed by atoms with E-state index in [4.69, 9.17) is 0 Å². The minimum absolute atomic E-state index is 0.119. The van der Waals surface area contributed by atoms with Crippen LogP contribution in [0.4, 0.5) is 11.4 Å². The lowest BCUT2D eigenvalue weighted by Gasteiger charge is -2.12. The predicted molar refractivity (Wildman–Crippen MR) is 97.9 cm³/mol. The number of likely N-dealkylation sites (N-methyl/N-ethyl adjacent to an activating group) is 1. The van der Waals surface area contributed by atoms with E-state index in [1.165, 1.54) is 23.1 Å². The molecular formula is C18H20N4O4. The summed E-state index contributed by atoms with van der Waals surface area (Å²) in [6.45, 7) is 0.248. The molecule has 2 aromatic carbocycles. The quantitative estimate of drug-likeness (QED) is 0.583. The topological polar surface area (TPSA) is 105 Å². The number of rotatable bonds is 7. The van der Waals surface area contributed by atoms with Crippen LogP contribution in [0.3, 0.4) is 0 Å². The molecule has 0 aliphatic heterocycles. The SMILES string of the molecule is CN(C)C(=O)CNC(=O)c1ccc(NCc2ccccc2)c([N+](=O)[O-])c1. The Labute approximate surface area is 151 Å². The summed E-state index contributed by atoms with van der Waals surface area (Å²) < 4.78 is 0. The molecule has 2 N–H and O–H groups in total. The molecule has 8 nitrogen and oxygen atoms in total. The van der Waals surface area contributed by atoms with E-state index >= 15 is 0 Å². The molecule has 0 heterocycles. The zero-order chi connectivity index (χ0) is 19.1. The second-order valence-electron chi connectivity index (χ2n) is 5.80. The largest absolute Gasteiger partial charge is 0.375 e. The number of nitrogens with one attached hydrogen (secondary N) is 2. The van der Waals surface area contributed by atoms with Gasteiger partial charge in [-0.3, -0.25) is 19.7 Å². The number of nitro groups is 1. The van der Waals surface area contributed by atoms with Gasteiger partial charge in [0.05, 0.1) is 11.5 Å². The lowest BCUT2D eigenvalue weighted by molar-refractivity contribution is -0.384. The third-order valence-electron chi connectivity index (χ3n) is 3.68. The number of nitrogens with zero attached hydrogens (tertiary/aromatic N) is 2. The fourth-order valence-corrected chi connectivity index (χ4v) is 2.18. The molecule has 0 bridgehead atoms. The van der Waals surface area contributed by atoms with Crippen LogP contribution in [0.15, 0.2) is 48.5 Å². The monoisotopic (exact) mass is 356 g/mol. The highest BCUT2D eigenvalue weighted by molar-refractivity contribution is 5.97. The molecule has 2 amide bonds. The first-order chi connectivity index (χ1) is 12.4. The van der Waals surface area contributed by atoms with Gasteiger partial charge in [0.2, 0.25) is 5.91 Å². The lowest BCUT2D eigenvalue weighted by Crippen LogP contribution is -2.36. The molecule has 0 unspecified atom stereocenters. The van der Waals surface area contributed by atoms with Gasteiger partial charge < -0.3 is 15.5 Å². The van der Waals surface area contributed by atoms with Crippen LogP contribution in [0.1, 0.15) is 15.9 Å². The lowest BCUT2D eigenvalue weighted by atomic mass is 10.1. The molecule has 0 aliphatic rings. The number of hydrogen-bond donors (Lipinski definition) is 2. The summed E-state index contributed by atoms with van der Waals surface area (Å²) in [5.41, 5.74) is 1.21. The van der Waals surface area contributed by atoms with E-state index in [1.807, 2.05) is 30.3 Å². The third-order valence-corrected chi connectivity index (χ3v) is 3.68. The molecule has 0 saturated carbocycles. The minimum atomic E-state index is -0.547.